The number of carbonyl (C=O) groups excluding carboxylic acids is 2. The molecular weight excluding hydrogens is 547 g/mol. The van der Waals surface area contributed by atoms with Crippen molar-refractivity contribution in [2.75, 3.05) is 24.2 Å². The van der Waals surface area contributed by atoms with Crippen molar-refractivity contribution in [2.24, 2.45) is 0 Å². The highest BCUT2D eigenvalue weighted by Gasteiger charge is 2.32. The fraction of sp³-hybridized carbons (Fsp3) is 0.391. The van der Waals surface area contributed by atoms with Crippen LogP contribution in [0, 0.1) is 10.1 Å². The van der Waals surface area contributed by atoms with Crippen molar-refractivity contribution in [2.45, 2.75) is 39.4 Å². The first-order valence-corrected chi connectivity index (χ1v) is 13.6. The third kappa shape index (κ3) is 7.94. The number of non-ortho nitro benzene ring substituents is 1. The van der Waals surface area contributed by atoms with Crippen molar-refractivity contribution in [1.82, 2.24) is 10.2 Å². The summed E-state index contributed by atoms with van der Waals surface area (Å²) in [6.45, 7) is 4.18. The smallest absolute Gasteiger partial charge is 0.271 e. The van der Waals surface area contributed by atoms with Gasteiger partial charge in [0.2, 0.25) is 21.8 Å². The van der Waals surface area contributed by atoms with Gasteiger partial charge in [0.05, 0.1) is 28.3 Å². The molecule has 202 valence electrons. The van der Waals surface area contributed by atoms with E-state index in [1.165, 1.54) is 37.1 Å². The summed E-state index contributed by atoms with van der Waals surface area (Å²) in [5, 5.41) is 14.6. The summed E-state index contributed by atoms with van der Waals surface area (Å²) in [4.78, 5) is 38.2. The molecule has 0 heterocycles. The fourth-order valence-corrected chi connectivity index (χ4v) is 4.57. The predicted octanol–water partition coefficient (Wildman–Crippen LogP) is 3.62. The molecule has 0 aliphatic rings. The molecular formula is C23H28Cl2N4O7S. The first-order chi connectivity index (χ1) is 17.1. The normalized spacial score (nSPS) is 12.1. The molecule has 2 amide bonds. The molecule has 0 aromatic heterocycles. The lowest BCUT2D eigenvalue weighted by molar-refractivity contribution is -0.384. The number of hydrogen-bond acceptors (Lipinski definition) is 7. The van der Waals surface area contributed by atoms with E-state index >= 15 is 0 Å². The average Bonchev–Trinajstić information content (AvgIpc) is 2.80. The molecule has 0 spiro atoms. The van der Waals surface area contributed by atoms with E-state index in [4.69, 9.17) is 27.9 Å². The minimum absolute atomic E-state index is 0.00505. The SMILES string of the molecule is COc1ccc([N+](=O)[O-])cc1N(CC(=O)N(Cc1ccc(Cl)c(Cl)c1)[C@@H](C)C(=O)NC(C)C)S(C)(=O)=O. The molecule has 0 fully saturated rings. The van der Waals surface area contributed by atoms with Crippen LogP contribution in [0.2, 0.25) is 10.0 Å². The second kappa shape index (κ2) is 12.4. The van der Waals surface area contributed by atoms with Gasteiger partial charge in [-0.05, 0) is 44.5 Å². The molecule has 1 atom stereocenters. The number of nitrogens with one attached hydrogen (secondary N) is 1. The number of ether oxygens (including phenoxy) is 1. The minimum Gasteiger partial charge on any atom is -0.495 e. The van der Waals surface area contributed by atoms with Crippen LogP contribution < -0.4 is 14.4 Å². The molecule has 14 heteroatoms. The topological polar surface area (TPSA) is 139 Å². The summed E-state index contributed by atoms with van der Waals surface area (Å²) >= 11 is 12.1. The van der Waals surface area contributed by atoms with Gasteiger partial charge in [0.1, 0.15) is 24.0 Å². The first kappa shape index (κ1) is 30.1. The molecule has 0 radical (unpaired) electrons. The predicted molar refractivity (Wildman–Crippen MR) is 142 cm³/mol. The van der Waals surface area contributed by atoms with Gasteiger partial charge in [0.25, 0.3) is 5.69 Å². The number of methoxy groups -OCH3 is 1. The summed E-state index contributed by atoms with van der Waals surface area (Å²) in [6.07, 6.45) is 0.858. The van der Waals surface area contributed by atoms with Crippen LogP contribution in [0.1, 0.15) is 26.3 Å². The van der Waals surface area contributed by atoms with E-state index in [0.717, 1.165) is 18.4 Å². The second-order valence-electron chi connectivity index (χ2n) is 8.49. The first-order valence-electron chi connectivity index (χ1n) is 11.0. The number of anilines is 1. The van der Waals surface area contributed by atoms with E-state index in [9.17, 15) is 28.1 Å². The molecule has 1 N–H and O–H groups in total. The lowest BCUT2D eigenvalue weighted by atomic mass is 10.1. The number of halogens is 2. The Morgan fingerprint density at radius 2 is 1.76 bits per heavy atom. The molecule has 0 bridgehead atoms. The summed E-state index contributed by atoms with van der Waals surface area (Å²) < 4.78 is 31.4. The van der Waals surface area contributed by atoms with Crippen LogP contribution >= 0.6 is 23.2 Å². The number of sulfonamides is 1. The van der Waals surface area contributed by atoms with Gasteiger partial charge in [-0.3, -0.25) is 24.0 Å². The standard InChI is InChI=1S/C23H28Cl2N4O7S/c1-14(2)26-23(31)15(3)27(12-16-6-8-18(24)19(25)10-16)22(30)13-28(37(5,34)35)20-11-17(29(32)33)7-9-21(20)36-4/h6-11,14-15H,12-13H2,1-5H3,(H,26,31)/t15-/m0/s1. The quantitative estimate of drug-likeness (QED) is 0.319. The monoisotopic (exact) mass is 574 g/mol. The number of benzene rings is 2. The number of nitro benzene ring substituents is 1. The molecule has 0 saturated heterocycles. The van der Waals surface area contributed by atoms with Crippen molar-refractivity contribution >= 4 is 56.4 Å². The highest BCUT2D eigenvalue weighted by atomic mass is 35.5. The molecule has 37 heavy (non-hydrogen) atoms. The zero-order valence-electron chi connectivity index (χ0n) is 20.9. The van der Waals surface area contributed by atoms with Gasteiger partial charge in [0, 0.05) is 24.7 Å². The van der Waals surface area contributed by atoms with E-state index in [1.807, 2.05) is 0 Å². The maximum absolute atomic E-state index is 13.6. The lowest BCUT2D eigenvalue weighted by Crippen LogP contribution is -2.52. The van der Waals surface area contributed by atoms with Crippen LogP contribution in [0.4, 0.5) is 11.4 Å². The third-order valence-electron chi connectivity index (χ3n) is 5.26. The highest BCUT2D eigenvalue weighted by Crippen LogP contribution is 2.34. The van der Waals surface area contributed by atoms with E-state index in [0.29, 0.717) is 14.9 Å². The molecule has 0 aliphatic heterocycles. The number of carbonyl (C=O) groups is 2. The van der Waals surface area contributed by atoms with Crippen molar-refractivity contribution < 1.29 is 27.7 Å². The maximum atomic E-state index is 13.6. The van der Waals surface area contributed by atoms with Gasteiger partial charge >= 0.3 is 0 Å². The Morgan fingerprint density at radius 1 is 1.11 bits per heavy atom. The highest BCUT2D eigenvalue weighted by molar-refractivity contribution is 7.92. The molecule has 2 rings (SSSR count). The van der Waals surface area contributed by atoms with E-state index in [1.54, 1.807) is 19.9 Å². The van der Waals surface area contributed by atoms with E-state index < -0.39 is 45.0 Å². The van der Waals surface area contributed by atoms with Crippen LogP contribution in [-0.4, -0.2) is 62.0 Å². The van der Waals surface area contributed by atoms with Crippen LogP contribution in [0.5, 0.6) is 5.75 Å². The zero-order chi connectivity index (χ0) is 28.1. The summed E-state index contributed by atoms with van der Waals surface area (Å²) in [6, 6.07) is 6.88. The van der Waals surface area contributed by atoms with Gasteiger partial charge < -0.3 is 15.0 Å². The molecule has 2 aromatic carbocycles. The molecule has 2 aromatic rings. The van der Waals surface area contributed by atoms with Gasteiger partial charge in [-0.1, -0.05) is 29.3 Å². The van der Waals surface area contributed by atoms with Crippen LogP contribution in [0.25, 0.3) is 0 Å². The summed E-state index contributed by atoms with van der Waals surface area (Å²) in [5.74, 6) is -1.19. The maximum Gasteiger partial charge on any atom is 0.271 e. The summed E-state index contributed by atoms with van der Waals surface area (Å²) in [7, 11) is -2.86. The lowest BCUT2D eigenvalue weighted by Gasteiger charge is -2.32. The third-order valence-corrected chi connectivity index (χ3v) is 7.12. The minimum atomic E-state index is -4.13. The van der Waals surface area contributed by atoms with E-state index in [2.05, 4.69) is 5.32 Å². The summed E-state index contributed by atoms with van der Waals surface area (Å²) in [5.41, 5.74) is -0.0404. The number of nitrogens with zero attached hydrogens (tertiary/aromatic N) is 3. The number of rotatable bonds is 11. The van der Waals surface area contributed by atoms with Gasteiger partial charge in [0.15, 0.2) is 0 Å². The molecule has 0 saturated carbocycles. The zero-order valence-corrected chi connectivity index (χ0v) is 23.2. The van der Waals surface area contributed by atoms with Crippen molar-refractivity contribution in [3.05, 3.63) is 62.1 Å². The average molecular weight is 575 g/mol. The van der Waals surface area contributed by atoms with Crippen LogP contribution in [-0.2, 0) is 26.2 Å². The van der Waals surface area contributed by atoms with Crippen LogP contribution in [0.15, 0.2) is 36.4 Å². The Morgan fingerprint density at radius 3 is 2.27 bits per heavy atom. The number of hydrogen-bond donors (Lipinski definition) is 1. The van der Waals surface area contributed by atoms with E-state index in [-0.39, 0.29) is 29.0 Å². The molecule has 11 nitrogen and oxygen atoms in total. The Labute approximate surface area is 225 Å². The Balaban J connectivity index is 2.54. The van der Waals surface area contributed by atoms with Crippen molar-refractivity contribution in [3.63, 3.8) is 0 Å². The Bertz CT molecular complexity index is 1290. The Hall–Kier alpha value is -3.09. The number of nitro groups is 1. The van der Waals surface area contributed by atoms with Crippen LogP contribution in [0.3, 0.4) is 0 Å². The van der Waals surface area contributed by atoms with Crippen molar-refractivity contribution in [1.29, 1.82) is 0 Å². The van der Waals surface area contributed by atoms with Crippen molar-refractivity contribution in [3.8, 4) is 5.75 Å². The Kier molecular flexibility index (Phi) is 10.1. The molecule has 0 aliphatic carbocycles. The molecule has 0 unspecified atom stereocenters. The number of amides is 2. The second-order valence-corrected chi connectivity index (χ2v) is 11.2. The van der Waals surface area contributed by atoms with Gasteiger partial charge in [-0.2, -0.15) is 0 Å². The van der Waals surface area contributed by atoms with Gasteiger partial charge in [-0.25, -0.2) is 8.42 Å². The van der Waals surface area contributed by atoms with Gasteiger partial charge in [-0.15, -0.1) is 0 Å². The fourth-order valence-electron chi connectivity index (χ4n) is 3.40. The largest absolute Gasteiger partial charge is 0.495 e.